The van der Waals surface area contributed by atoms with E-state index >= 15 is 0 Å². The zero-order valence-corrected chi connectivity index (χ0v) is 10.5. The molecule has 1 aliphatic rings. The normalized spacial score (nSPS) is 20.0. The van der Waals surface area contributed by atoms with Crippen molar-refractivity contribution in [2.45, 2.75) is 25.4 Å². The predicted octanol–water partition coefficient (Wildman–Crippen LogP) is 3.10. The predicted molar refractivity (Wildman–Crippen MR) is 65.9 cm³/mol. The Morgan fingerprint density at radius 3 is 2.94 bits per heavy atom. The third-order valence-electron chi connectivity index (χ3n) is 2.91. The van der Waals surface area contributed by atoms with Crippen LogP contribution in [0.25, 0.3) is 0 Å². The number of halogens is 1. The van der Waals surface area contributed by atoms with Gasteiger partial charge in [0, 0.05) is 12.2 Å². The van der Waals surface area contributed by atoms with Gasteiger partial charge in [0.05, 0.1) is 12.1 Å². The van der Waals surface area contributed by atoms with Gasteiger partial charge in [0.1, 0.15) is 11.9 Å². The zero-order valence-electron chi connectivity index (χ0n) is 9.74. The molecule has 0 aliphatic carbocycles. The maximum Gasteiger partial charge on any atom is 0.191 e. The molecule has 0 aromatic heterocycles. The van der Waals surface area contributed by atoms with E-state index in [0.29, 0.717) is 22.9 Å². The fourth-order valence-electron chi connectivity index (χ4n) is 1.95. The van der Waals surface area contributed by atoms with E-state index in [0.717, 1.165) is 19.3 Å². The van der Waals surface area contributed by atoms with Crippen molar-refractivity contribution in [3.05, 3.63) is 28.8 Å². The Balaban J connectivity index is 2.18. The molecular formula is C13H15ClO3. The minimum Gasteiger partial charge on any atom is -0.495 e. The minimum atomic E-state index is -0.311. The Morgan fingerprint density at radius 1 is 1.47 bits per heavy atom. The number of carbonyl (C=O) groups is 1. The summed E-state index contributed by atoms with van der Waals surface area (Å²) < 4.78 is 10.6. The Kier molecular flexibility index (Phi) is 4.02. The van der Waals surface area contributed by atoms with Gasteiger partial charge >= 0.3 is 0 Å². The van der Waals surface area contributed by atoms with Crippen LogP contribution in [0, 0.1) is 0 Å². The van der Waals surface area contributed by atoms with Crippen molar-refractivity contribution in [3.8, 4) is 5.75 Å². The van der Waals surface area contributed by atoms with Gasteiger partial charge in [-0.2, -0.15) is 0 Å². The maximum atomic E-state index is 12.2. The second-order valence-corrected chi connectivity index (χ2v) is 4.48. The third-order valence-corrected chi connectivity index (χ3v) is 3.22. The second-order valence-electron chi connectivity index (χ2n) is 4.07. The number of carbonyl (C=O) groups excluding carboxylic acids is 1. The first-order chi connectivity index (χ1) is 8.22. The molecule has 1 saturated heterocycles. The molecule has 0 amide bonds. The summed E-state index contributed by atoms with van der Waals surface area (Å²) in [7, 11) is 1.53. The van der Waals surface area contributed by atoms with Crippen molar-refractivity contribution in [1.82, 2.24) is 0 Å². The molecular weight excluding hydrogens is 240 g/mol. The molecule has 1 fully saturated rings. The highest BCUT2D eigenvalue weighted by Crippen LogP contribution is 2.27. The van der Waals surface area contributed by atoms with E-state index in [1.807, 2.05) is 0 Å². The molecule has 92 valence electrons. The van der Waals surface area contributed by atoms with Crippen LogP contribution in [-0.2, 0) is 4.74 Å². The topological polar surface area (TPSA) is 35.5 Å². The molecule has 0 saturated carbocycles. The van der Waals surface area contributed by atoms with Crippen LogP contribution in [0.15, 0.2) is 18.2 Å². The minimum absolute atomic E-state index is 0.0136. The zero-order chi connectivity index (χ0) is 12.3. The first-order valence-corrected chi connectivity index (χ1v) is 6.09. The Bertz CT molecular complexity index is 411. The molecule has 4 heteroatoms. The van der Waals surface area contributed by atoms with Gasteiger partial charge in [-0.15, -0.1) is 0 Å². The van der Waals surface area contributed by atoms with Crippen molar-refractivity contribution in [2.24, 2.45) is 0 Å². The summed E-state index contributed by atoms with van der Waals surface area (Å²) in [5.41, 5.74) is 0.596. The van der Waals surface area contributed by atoms with Crippen molar-refractivity contribution in [1.29, 1.82) is 0 Å². The Morgan fingerprint density at radius 2 is 2.29 bits per heavy atom. The standard InChI is InChI=1S/C13H15ClO3/c1-16-12-8-9(5-6-10(12)14)13(15)11-4-2-3-7-17-11/h5-6,8,11H,2-4,7H2,1H3. The quantitative estimate of drug-likeness (QED) is 0.778. The first-order valence-electron chi connectivity index (χ1n) is 5.71. The second kappa shape index (κ2) is 5.52. The fraction of sp³-hybridized carbons (Fsp3) is 0.462. The van der Waals surface area contributed by atoms with E-state index in [2.05, 4.69) is 0 Å². The largest absolute Gasteiger partial charge is 0.495 e. The van der Waals surface area contributed by atoms with Gasteiger partial charge in [0.15, 0.2) is 5.78 Å². The highest BCUT2D eigenvalue weighted by atomic mass is 35.5. The molecule has 0 spiro atoms. The number of hydrogen-bond acceptors (Lipinski definition) is 3. The molecule has 1 aromatic rings. The number of Topliss-reactive ketones (excluding diaryl/α,β-unsaturated/α-hetero) is 1. The molecule has 0 bridgehead atoms. The summed E-state index contributed by atoms with van der Waals surface area (Å²) in [4.78, 5) is 12.2. The monoisotopic (exact) mass is 254 g/mol. The summed E-state index contributed by atoms with van der Waals surface area (Å²) in [5.74, 6) is 0.535. The lowest BCUT2D eigenvalue weighted by atomic mass is 10.00. The van der Waals surface area contributed by atoms with Crippen LogP contribution in [0.2, 0.25) is 5.02 Å². The lowest BCUT2D eigenvalue weighted by molar-refractivity contribution is 0.0186. The van der Waals surface area contributed by atoms with Crippen LogP contribution >= 0.6 is 11.6 Å². The first kappa shape index (κ1) is 12.4. The molecule has 3 nitrogen and oxygen atoms in total. The molecule has 2 rings (SSSR count). The number of ether oxygens (including phenoxy) is 2. The highest BCUT2D eigenvalue weighted by Gasteiger charge is 2.23. The van der Waals surface area contributed by atoms with E-state index in [-0.39, 0.29) is 11.9 Å². The van der Waals surface area contributed by atoms with Gasteiger partial charge in [-0.25, -0.2) is 0 Å². The smallest absolute Gasteiger partial charge is 0.191 e. The van der Waals surface area contributed by atoms with Gasteiger partial charge in [0.2, 0.25) is 0 Å². The lowest BCUT2D eigenvalue weighted by Crippen LogP contribution is -2.28. The molecule has 1 atom stereocenters. The molecule has 1 aliphatic heterocycles. The average molecular weight is 255 g/mol. The lowest BCUT2D eigenvalue weighted by Gasteiger charge is -2.21. The summed E-state index contributed by atoms with van der Waals surface area (Å²) in [6.07, 6.45) is 2.56. The molecule has 17 heavy (non-hydrogen) atoms. The number of rotatable bonds is 3. The SMILES string of the molecule is COc1cc(C(=O)C2CCCCO2)ccc1Cl. The van der Waals surface area contributed by atoms with Crippen molar-refractivity contribution in [2.75, 3.05) is 13.7 Å². The number of methoxy groups -OCH3 is 1. The van der Waals surface area contributed by atoms with E-state index in [1.54, 1.807) is 18.2 Å². The summed E-state index contributed by atoms with van der Waals surface area (Å²) in [6.45, 7) is 0.668. The molecule has 1 aromatic carbocycles. The van der Waals surface area contributed by atoms with Gasteiger partial charge in [0.25, 0.3) is 0 Å². The summed E-state index contributed by atoms with van der Waals surface area (Å²) in [6, 6.07) is 5.06. The van der Waals surface area contributed by atoms with Crippen molar-refractivity contribution >= 4 is 17.4 Å². The van der Waals surface area contributed by atoms with Crippen molar-refractivity contribution < 1.29 is 14.3 Å². The maximum absolute atomic E-state index is 12.2. The van der Waals surface area contributed by atoms with Crippen LogP contribution in [-0.4, -0.2) is 25.6 Å². The molecule has 0 radical (unpaired) electrons. The van der Waals surface area contributed by atoms with Gasteiger partial charge in [-0.3, -0.25) is 4.79 Å². The van der Waals surface area contributed by atoms with E-state index in [4.69, 9.17) is 21.1 Å². The summed E-state index contributed by atoms with van der Waals surface area (Å²) >= 11 is 5.92. The van der Waals surface area contributed by atoms with Crippen LogP contribution in [0.4, 0.5) is 0 Å². The van der Waals surface area contributed by atoms with Gasteiger partial charge in [-0.1, -0.05) is 11.6 Å². The van der Waals surface area contributed by atoms with E-state index in [9.17, 15) is 4.79 Å². The fourth-order valence-corrected chi connectivity index (χ4v) is 2.14. The Labute approximate surface area is 106 Å². The number of benzene rings is 1. The van der Waals surface area contributed by atoms with Crippen LogP contribution in [0.1, 0.15) is 29.6 Å². The van der Waals surface area contributed by atoms with E-state index < -0.39 is 0 Å². The number of ketones is 1. The van der Waals surface area contributed by atoms with Gasteiger partial charge < -0.3 is 9.47 Å². The van der Waals surface area contributed by atoms with Crippen molar-refractivity contribution in [3.63, 3.8) is 0 Å². The highest BCUT2D eigenvalue weighted by molar-refractivity contribution is 6.32. The summed E-state index contributed by atoms with van der Waals surface area (Å²) in [5, 5.41) is 0.508. The molecule has 1 heterocycles. The van der Waals surface area contributed by atoms with Gasteiger partial charge in [-0.05, 0) is 37.5 Å². The average Bonchev–Trinajstić information content (AvgIpc) is 2.39. The number of hydrogen-bond donors (Lipinski definition) is 0. The van der Waals surface area contributed by atoms with Crippen LogP contribution in [0.3, 0.4) is 0 Å². The van der Waals surface area contributed by atoms with Crippen LogP contribution < -0.4 is 4.74 Å². The van der Waals surface area contributed by atoms with E-state index in [1.165, 1.54) is 7.11 Å². The molecule has 1 unspecified atom stereocenters. The third kappa shape index (κ3) is 2.79. The Hall–Kier alpha value is -1.06. The molecule has 0 N–H and O–H groups in total. The van der Waals surface area contributed by atoms with Crippen LogP contribution in [0.5, 0.6) is 5.75 Å².